The van der Waals surface area contributed by atoms with Crippen molar-refractivity contribution in [3.63, 3.8) is 0 Å². The molecule has 1 spiro atoms. The van der Waals surface area contributed by atoms with Crippen molar-refractivity contribution in [2.45, 2.75) is 59.8 Å². The zero-order valence-corrected chi connectivity index (χ0v) is 12.3. The van der Waals surface area contributed by atoms with Crippen LogP contribution in [0.3, 0.4) is 0 Å². The summed E-state index contributed by atoms with van der Waals surface area (Å²) in [5.41, 5.74) is 0.687. The van der Waals surface area contributed by atoms with E-state index < -0.39 is 0 Å². The van der Waals surface area contributed by atoms with Gasteiger partial charge in [0.1, 0.15) is 0 Å². The van der Waals surface area contributed by atoms with E-state index in [1.54, 1.807) is 0 Å². The molecule has 2 rings (SSSR count). The molecular formula is C16H31N. The summed E-state index contributed by atoms with van der Waals surface area (Å²) in [5.74, 6) is 3.63. The van der Waals surface area contributed by atoms with E-state index in [-0.39, 0.29) is 0 Å². The topological polar surface area (TPSA) is 12.0 Å². The van der Waals surface area contributed by atoms with Crippen molar-refractivity contribution in [1.82, 2.24) is 5.32 Å². The van der Waals surface area contributed by atoms with Crippen LogP contribution < -0.4 is 5.32 Å². The second-order valence-electron chi connectivity index (χ2n) is 7.27. The van der Waals surface area contributed by atoms with Crippen LogP contribution in [0.5, 0.6) is 0 Å². The van der Waals surface area contributed by atoms with Gasteiger partial charge in [-0.05, 0) is 61.4 Å². The van der Waals surface area contributed by atoms with E-state index in [2.05, 4.69) is 33.0 Å². The Morgan fingerprint density at radius 3 is 2.47 bits per heavy atom. The Bertz CT molecular complexity index is 242. The maximum atomic E-state index is 3.63. The minimum atomic E-state index is 0.687. The summed E-state index contributed by atoms with van der Waals surface area (Å²) in [6, 6.07) is 0. The van der Waals surface area contributed by atoms with E-state index in [1.165, 1.54) is 45.2 Å². The molecule has 2 aliphatic rings. The number of rotatable bonds is 2. The highest BCUT2D eigenvalue weighted by atomic mass is 14.9. The molecule has 1 heteroatoms. The molecule has 1 heterocycles. The molecule has 100 valence electrons. The molecule has 1 saturated heterocycles. The summed E-state index contributed by atoms with van der Waals surface area (Å²) in [6.07, 6.45) is 7.40. The molecule has 1 N–H and O–H groups in total. The lowest BCUT2D eigenvalue weighted by Gasteiger charge is -2.51. The van der Waals surface area contributed by atoms with Gasteiger partial charge in [0, 0.05) is 0 Å². The van der Waals surface area contributed by atoms with E-state index in [0.717, 1.165) is 23.7 Å². The van der Waals surface area contributed by atoms with Crippen LogP contribution in [0.1, 0.15) is 59.8 Å². The molecule has 0 aromatic carbocycles. The van der Waals surface area contributed by atoms with Crippen LogP contribution >= 0.6 is 0 Å². The second-order valence-corrected chi connectivity index (χ2v) is 7.27. The lowest BCUT2D eigenvalue weighted by Crippen LogP contribution is -2.49. The molecule has 2 fully saturated rings. The predicted molar refractivity (Wildman–Crippen MR) is 75.0 cm³/mol. The highest BCUT2D eigenvalue weighted by Crippen LogP contribution is 2.52. The first kappa shape index (κ1) is 13.4. The van der Waals surface area contributed by atoms with Gasteiger partial charge in [-0.1, -0.05) is 40.5 Å². The third-order valence-electron chi connectivity index (χ3n) is 5.62. The Hall–Kier alpha value is -0.0400. The number of piperidine rings is 1. The molecule has 0 amide bonds. The van der Waals surface area contributed by atoms with Gasteiger partial charge in [0.2, 0.25) is 0 Å². The second kappa shape index (κ2) is 5.30. The summed E-state index contributed by atoms with van der Waals surface area (Å²) in [6.45, 7) is 12.2. The summed E-state index contributed by atoms with van der Waals surface area (Å²) in [5, 5.41) is 3.63. The third-order valence-corrected chi connectivity index (χ3v) is 5.62. The van der Waals surface area contributed by atoms with Gasteiger partial charge in [0.15, 0.2) is 0 Å². The zero-order valence-electron chi connectivity index (χ0n) is 12.3. The fraction of sp³-hybridized carbons (Fsp3) is 1.00. The van der Waals surface area contributed by atoms with E-state index in [0.29, 0.717) is 5.41 Å². The first-order chi connectivity index (χ1) is 8.05. The lowest BCUT2D eigenvalue weighted by molar-refractivity contribution is -0.00124. The molecule has 0 bridgehead atoms. The van der Waals surface area contributed by atoms with Gasteiger partial charge in [-0.2, -0.15) is 0 Å². The largest absolute Gasteiger partial charge is 0.316 e. The minimum absolute atomic E-state index is 0.687. The van der Waals surface area contributed by atoms with Crippen LogP contribution in [0.25, 0.3) is 0 Å². The monoisotopic (exact) mass is 237 g/mol. The van der Waals surface area contributed by atoms with Crippen molar-refractivity contribution in [3.8, 4) is 0 Å². The van der Waals surface area contributed by atoms with Crippen molar-refractivity contribution in [2.24, 2.45) is 29.1 Å². The van der Waals surface area contributed by atoms with E-state index in [9.17, 15) is 0 Å². The first-order valence-corrected chi connectivity index (χ1v) is 7.76. The minimum Gasteiger partial charge on any atom is -0.316 e. The van der Waals surface area contributed by atoms with Crippen LogP contribution in [-0.2, 0) is 0 Å². The fourth-order valence-corrected chi connectivity index (χ4v) is 4.52. The summed E-state index contributed by atoms with van der Waals surface area (Å²) >= 11 is 0. The average molecular weight is 237 g/mol. The maximum absolute atomic E-state index is 3.63. The number of hydrogen-bond acceptors (Lipinski definition) is 1. The summed E-state index contributed by atoms with van der Waals surface area (Å²) in [7, 11) is 0. The number of hydrogen-bond donors (Lipinski definition) is 1. The van der Waals surface area contributed by atoms with Gasteiger partial charge in [-0.25, -0.2) is 0 Å². The maximum Gasteiger partial charge on any atom is -0.00127 e. The van der Waals surface area contributed by atoms with Crippen LogP contribution in [0.4, 0.5) is 0 Å². The van der Waals surface area contributed by atoms with Crippen LogP contribution in [0.2, 0.25) is 0 Å². The normalized spacial score (nSPS) is 39.2. The summed E-state index contributed by atoms with van der Waals surface area (Å²) in [4.78, 5) is 0. The van der Waals surface area contributed by atoms with E-state index in [4.69, 9.17) is 0 Å². The Kier molecular flexibility index (Phi) is 4.18. The molecule has 0 radical (unpaired) electrons. The van der Waals surface area contributed by atoms with Crippen LogP contribution in [-0.4, -0.2) is 13.1 Å². The Balaban J connectivity index is 2.13. The van der Waals surface area contributed by atoms with Crippen molar-refractivity contribution >= 4 is 0 Å². The van der Waals surface area contributed by atoms with Gasteiger partial charge in [-0.3, -0.25) is 0 Å². The van der Waals surface area contributed by atoms with Crippen molar-refractivity contribution in [2.75, 3.05) is 13.1 Å². The van der Waals surface area contributed by atoms with Crippen LogP contribution in [0, 0.1) is 29.1 Å². The average Bonchev–Trinajstić information content (AvgIpc) is 2.29. The molecule has 1 aliphatic carbocycles. The standard InChI is InChI=1S/C16H31N/c1-12(2)14-6-5-7-16(10-14)8-9-17-11-15(16)13(3)4/h12-15,17H,5-11H2,1-4H3. The molecule has 1 saturated carbocycles. The third kappa shape index (κ3) is 2.70. The number of nitrogens with one attached hydrogen (secondary N) is 1. The molecule has 3 atom stereocenters. The lowest BCUT2D eigenvalue weighted by atomic mass is 9.56. The molecule has 0 aromatic heterocycles. The van der Waals surface area contributed by atoms with Gasteiger partial charge >= 0.3 is 0 Å². The van der Waals surface area contributed by atoms with E-state index >= 15 is 0 Å². The smallest absolute Gasteiger partial charge is 0.00127 e. The van der Waals surface area contributed by atoms with Gasteiger partial charge in [0.25, 0.3) is 0 Å². The highest BCUT2D eigenvalue weighted by Gasteiger charge is 2.45. The summed E-state index contributed by atoms with van der Waals surface area (Å²) < 4.78 is 0. The molecule has 3 unspecified atom stereocenters. The molecule has 1 aliphatic heterocycles. The SMILES string of the molecule is CC(C)C1CCCC2(CCNCC2C(C)C)C1. The van der Waals surface area contributed by atoms with Gasteiger partial charge < -0.3 is 5.32 Å². The molecule has 17 heavy (non-hydrogen) atoms. The fourth-order valence-electron chi connectivity index (χ4n) is 4.52. The first-order valence-electron chi connectivity index (χ1n) is 7.76. The molecule has 0 aromatic rings. The van der Waals surface area contributed by atoms with Crippen molar-refractivity contribution < 1.29 is 0 Å². The van der Waals surface area contributed by atoms with Crippen molar-refractivity contribution in [1.29, 1.82) is 0 Å². The highest BCUT2D eigenvalue weighted by molar-refractivity contribution is 4.96. The quantitative estimate of drug-likeness (QED) is 0.763. The van der Waals surface area contributed by atoms with Crippen molar-refractivity contribution in [3.05, 3.63) is 0 Å². The Morgan fingerprint density at radius 2 is 1.82 bits per heavy atom. The molecule has 1 nitrogen and oxygen atoms in total. The van der Waals surface area contributed by atoms with Gasteiger partial charge in [-0.15, -0.1) is 0 Å². The van der Waals surface area contributed by atoms with Crippen LogP contribution in [0.15, 0.2) is 0 Å². The zero-order chi connectivity index (χ0) is 12.5. The molecular weight excluding hydrogens is 206 g/mol. The van der Waals surface area contributed by atoms with E-state index in [1.807, 2.05) is 0 Å². The Labute approximate surface area is 108 Å². The Morgan fingerprint density at radius 1 is 1.06 bits per heavy atom. The predicted octanol–water partition coefficient (Wildman–Crippen LogP) is 4.08. The van der Waals surface area contributed by atoms with Gasteiger partial charge in [0.05, 0.1) is 0 Å².